The van der Waals surface area contributed by atoms with Crippen LogP contribution in [0.5, 0.6) is 0 Å². The molecule has 0 spiro atoms. The number of esters is 2. The van der Waals surface area contributed by atoms with Gasteiger partial charge < -0.3 is 9.47 Å². The number of hydrogen-bond donors (Lipinski definition) is 0. The van der Waals surface area contributed by atoms with E-state index in [1.54, 1.807) is 13.8 Å². The van der Waals surface area contributed by atoms with Crippen LogP contribution in [0.2, 0.25) is 0 Å². The Morgan fingerprint density at radius 2 is 1.10 bits per heavy atom. The SMILES string of the molecule is CC(C)[O][Ti][O]C(C)C.CCOC(C)=O.CCOC(C)=O. The summed E-state index contributed by atoms with van der Waals surface area (Å²) in [6.45, 7) is 15.4. The molecule has 0 aliphatic heterocycles. The summed E-state index contributed by atoms with van der Waals surface area (Å²) >= 11 is -0.574. The maximum Gasteiger partial charge on any atom is 0.302 e. The van der Waals surface area contributed by atoms with Crippen LogP contribution in [0, 0.1) is 0 Å². The van der Waals surface area contributed by atoms with Crippen molar-refractivity contribution in [1.82, 2.24) is 0 Å². The van der Waals surface area contributed by atoms with E-state index in [1.807, 2.05) is 27.7 Å². The third-order valence-corrected chi connectivity index (χ3v) is 3.04. The zero-order valence-electron chi connectivity index (χ0n) is 14.5. The summed E-state index contributed by atoms with van der Waals surface area (Å²) in [5.41, 5.74) is 0. The molecule has 0 aromatic rings. The number of carbonyl (C=O) groups excluding carboxylic acids is 2. The second-order valence-corrected chi connectivity index (χ2v) is 5.26. The summed E-state index contributed by atoms with van der Waals surface area (Å²) in [5, 5.41) is 0. The predicted molar refractivity (Wildman–Crippen MR) is 77.1 cm³/mol. The minimum absolute atomic E-state index is 0.211. The zero-order valence-corrected chi connectivity index (χ0v) is 16.1. The van der Waals surface area contributed by atoms with E-state index >= 15 is 0 Å². The minimum atomic E-state index is -0.574. The van der Waals surface area contributed by atoms with Crippen LogP contribution in [0.3, 0.4) is 0 Å². The van der Waals surface area contributed by atoms with Gasteiger partial charge in [0.05, 0.1) is 13.2 Å². The van der Waals surface area contributed by atoms with Gasteiger partial charge in [-0.1, -0.05) is 0 Å². The van der Waals surface area contributed by atoms with Gasteiger partial charge in [-0.25, -0.2) is 0 Å². The van der Waals surface area contributed by atoms with E-state index in [9.17, 15) is 9.59 Å². The summed E-state index contributed by atoms with van der Waals surface area (Å²) in [6.07, 6.45) is 0.646. The van der Waals surface area contributed by atoms with Crippen molar-refractivity contribution < 1.29 is 45.6 Å². The van der Waals surface area contributed by atoms with E-state index in [1.165, 1.54) is 13.8 Å². The first-order valence-electron chi connectivity index (χ1n) is 7.00. The van der Waals surface area contributed by atoms with Crippen molar-refractivity contribution in [1.29, 1.82) is 0 Å². The van der Waals surface area contributed by atoms with Crippen molar-refractivity contribution in [3.8, 4) is 0 Å². The molecule has 0 saturated heterocycles. The van der Waals surface area contributed by atoms with Gasteiger partial charge in [0.2, 0.25) is 0 Å². The van der Waals surface area contributed by atoms with Gasteiger partial charge in [-0.05, 0) is 13.8 Å². The van der Waals surface area contributed by atoms with E-state index in [-0.39, 0.29) is 11.9 Å². The Bertz CT molecular complexity index is 220. The topological polar surface area (TPSA) is 71.1 Å². The van der Waals surface area contributed by atoms with E-state index in [4.69, 9.17) is 6.64 Å². The molecule has 0 fully saturated rings. The minimum Gasteiger partial charge on any atom is -0.466 e. The normalized spacial score (nSPS) is 9.05. The molecule has 0 aromatic carbocycles. The van der Waals surface area contributed by atoms with Gasteiger partial charge in [0, 0.05) is 13.8 Å². The molecule has 0 saturated carbocycles. The van der Waals surface area contributed by atoms with Crippen molar-refractivity contribution >= 4 is 11.9 Å². The van der Waals surface area contributed by atoms with Gasteiger partial charge in [0.25, 0.3) is 0 Å². The summed E-state index contributed by atoms with van der Waals surface area (Å²) in [4.78, 5) is 19.6. The summed E-state index contributed by atoms with van der Waals surface area (Å²) in [7, 11) is 0. The van der Waals surface area contributed by atoms with Crippen molar-refractivity contribution in [3.63, 3.8) is 0 Å². The second kappa shape index (κ2) is 19.6. The monoisotopic (exact) mass is 342 g/mol. The Kier molecular flexibility index (Phi) is 23.8. The molecule has 0 radical (unpaired) electrons. The number of carbonyl (C=O) groups is 2. The quantitative estimate of drug-likeness (QED) is 0.546. The van der Waals surface area contributed by atoms with E-state index in [2.05, 4.69) is 9.47 Å². The molecule has 0 unspecified atom stereocenters. The van der Waals surface area contributed by atoms with Gasteiger partial charge in [0.1, 0.15) is 0 Å². The average Bonchev–Trinajstić information content (AvgIpc) is 2.28. The van der Waals surface area contributed by atoms with E-state index < -0.39 is 19.9 Å². The Morgan fingerprint density at radius 3 is 1.19 bits per heavy atom. The first-order chi connectivity index (χ1) is 9.67. The maximum absolute atomic E-state index is 9.82. The molecule has 0 amide bonds. The van der Waals surface area contributed by atoms with Crippen molar-refractivity contribution in [3.05, 3.63) is 0 Å². The first kappa shape index (κ1) is 25.5. The fourth-order valence-corrected chi connectivity index (χ4v) is 1.31. The summed E-state index contributed by atoms with van der Waals surface area (Å²) < 4.78 is 19.3. The maximum atomic E-state index is 9.82. The van der Waals surface area contributed by atoms with Crippen LogP contribution in [-0.4, -0.2) is 37.4 Å². The largest absolute Gasteiger partial charge is 0.466 e. The summed E-state index contributed by atoms with van der Waals surface area (Å²) in [5.74, 6) is -0.421. The Hall–Kier alpha value is -0.426. The third kappa shape index (κ3) is 45.1. The van der Waals surface area contributed by atoms with Gasteiger partial charge in [0.15, 0.2) is 0 Å². The molecule has 6 nitrogen and oxygen atoms in total. The molecule has 0 bridgehead atoms. The van der Waals surface area contributed by atoms with E-state index in [0.29, 0.717) is 25.4 Å². The second-order valence-electron chi connectivity index (χ2n) is 4.27. The van der Waals surface area contributed by atoms with Crippen molar-refractivity contribution in [2.75, 3.05) is 13.2 Å². The number of rotatable bonds is 6. The van der Waals surface area contributed by atoms with Gasteiger partial charge in [-0.2, -0.15) is 0 Å². The number of hydrogen-bond acceptors (Lipinski definition) is 6. The molecule has 126 valence electrons. The van der Waals surface area contributed by atoms with Crippen LogP contribution in [0.25, 0.3) is 0 Å². The van der Waals surface area contributed by atoms with Crippen molar-refractivity contribution in [2.45, 2.75) is 67.6 Å². The molecule has 0 aliphatic carbocycles. The van der Waals surface area contributed by atoms with Crippen LogP contribution in [0.15, 0.2) is 0 Å². The van der Waals surface area contributed by atoms with E-state index in [0.717, 1.165) is 0 Å². The fourth-order valence-electron chi connectivity index (χ4n) is 0.627. The molecule has 0 aliphatic rings. The van der Waals surface area contributed by atoms with Gasteiger partial charge >= 0.3 is 78.4 Å². The molecule has 0 N–H and O–H groups in total. The third-order valence-electron chi connectivity index (χ3n) is 1.26. The molecular weight excluding hydrogens is 312 g/mol. The van der Waals surface area contributed by atoms with Crippen LogP contribution in [0.4, 0.5) is 0 Å². The molecule has 7 heteroatoms. The standard InChI is InChI=1S/2C4H8O2.2C3H7O.Ti/c2*1-3-6-4(2)5;2*1-3(2)4;/h2*3H2,1-2H3;2*3H,1-2H3;/q;;2*-1;+2. The first-order valence-corrected chi connectivity index (χ1v) is 8.27. The Balaban J connectivity index is -0.000000240. The predicted octanol–water partition coefficient (Wildman–Crippen LogP) is 2.89. The van der Waals surface area contributed by atoms with Gasteiger partial charge in [-0.15, -0.1) is 0 Å². The molecule has 0 heterocycles. The molecule has 0 aromatic heterocycles. The Labute approximate surface area is 138 Å². The van der Waals surface area contributed by atoms with Gasteiger partial charge in [-0.3, -0.25) is 9.59 Å². The van der Waals surface area contributed by atoms with Crippen LogP contribution in [-0.2, 0) is 45.6 Å². The fraction of sp³-hybridized carbons (Fsp3) is 0.857. The Morgan fingerprint density at radius 1 is 0.810 bits per heavy atom. The molecule has 21 heavy (non-hydrogen) atoms. The molecule has 0 rings (SSSR count). The molecule has 0 atom stereocenters. The van der Waals surface area contributed by atoms with Crippen LogP contribution in [0.1, 0.15) is 55.4 Å². The molecular formula is C14H30O6Ti. The van der Waals surface area contributed by atoms with Crippen LogP contribution >= 0.6 is 0 Å². The van der Waals surface area contributed by atoms with Crippen LogP contribution < -0.4 is 0 Å². The van der Waals surface area contributed by atoms with Crippen molar-refractivity contribution in [2.24, 2.45) is 0 Å². The smallest absolute Gasteiger partial charge is 0.302 e. The average molecular weight is 342 g/mol. The zero-order chi connectivity index (χ0) is 17.3. The number of ether oxygens (including phenoxy) is 2. The summed E-state index contributed by atoms with van der Waals surface area (Å²) in [6, 6.07) is 0.